The number of rotatable bonds is 8. The SMILES string of the molecule is CC(C)Cc1nc(C(F)(F)F)ccc1/C=C\C(=O)NCc1ccc(NS(C)(=O)=O)c(F)c1. The number of alkyl halides is 3. The predicted octanol–water partition coefficient (Wildman–Crippen LogP) is 4.14. The van der Waals surface area contributed by atoms with E-state index in [2.05, 4.69) is 10.3 Å². The first-order chi connectivity index (χ1) is 14.7. The van der Waals surface area contributed by atoms with Crippen LogP contribution < -0.4 is 10.0 Å². The largest absolute Gasteiger partial charge is 0.433 e. The molecular weight excluding hydrogens is 450 g/mol. The molecule has 0 aliphatic rings. The third-order valence-electron chi connectivity index (χ3n) is 4.11. The Kier molecular flexibility index (Phi) is 8.00. The molecule has 0 aliphatic carbocycles. The molecule has 0 unspecified atom stereocenters. The number of carbonyl (C=O) groups excluding carboxylic acids is 1. The molecule has 6 nitrogen and oxygen atoms in total. The number of halogens is 4. The highest BCUT2D eigenvalue weighted by atomic mass is 32.2. The average Bonchev–Trinajstić information content (AvgIpc) is 2.65. The van der Waals surface area contributed by atoms with Gasteiger partial charge in [-0.3, -0.25) is 9.52 Å². The molecular formula is C21H23F4N3O3S. The Bertz CT molecular complexity index is 1110. The number of nitrogens with zero attached hydrogens (tertiary/aromatic N) is 1. The van der Waals surface area contributed by atoms with E-state index in [1.165, 1.54) is 24.3 Å². The molecule has 1 aromatic heterocycles. The molecule has 1 amide bonds. The van der Waals surface area contributed by atoms with Gasteiger partial charge in [0.05, 0.1) is 11.9 Å². The topological polar surface area (TPSA) is 88.2 Å². The van der Waals surface area contributed by atoms with E-state index in [0.29, 0.717) is 17.5 Å². The lowest BCUT2D eigenvalue weighted by molar-refractivity contribution is -0.141. The van der Waals surface area contributed by atoms with E-state index in [0.717, 1.165) is 24.5 Å². The molecule has 1 aromatic carbocycles. The lowest BCUT2D eigenvalue weighted by Crippen LogP contribution is -2.20. The zero-order valence-electron chi connectivity index (χ0n) is 17.6. The molecule has 1 heterocycles. The van der Waals surface area contributed by atoms with Gasteiger partial charge in [-0.25, -0.2) is 17.8 Å². The molecule has 0 fully saturated rings. The van der Waals surface area contributed by atoms with E-state index in [-0.39, 0.29) is 23.8 Å². The number of anilines is 1. The van der Waals surface area contributed by atoms with Gasteiger partial charge >= 0.3 is 6.18 Å². The van der Waals surface area contributed by atoms with Gasteiger partial charge in [0.2, 0.25) is 15.9 Å². The molecule has 174 valence electrons. The maximum atomic E-state index is 14.0. The predicted molar refractivity (Wildman–Crippen MR) is 114 cm³/mol. The first kappa shape index (κ1) is 25.3. The van der Waals surface area contributed by atoms with Crippen LogP contribution in [0.5, 0.6) is 0 Å². The number of aromatic nitrogens is 1. The smallest absolute Gasteiger partial charge is 0.348 e. The summed E-state index contributed by atoms with van der Waals surface area (Å²) in [6.45, 7) is 3.65. The van der Waals surface area contributed by atoms with Crippen molar-refractivity contribution in [3.05, 3.63) is 64.7 Å². The molecule has 0 radical (unpaired) electrons. The fourth-order valence-corrected chi connectivity index (χ4v) is 3.30. The average molecular weight is 473 g/mol. The molecule has 2 N–H and O–H groups in total. The van der Waals surface area contributed by atoms with Crippen LogP contribution >= 0.6 is 0 Å². The number of hydrogen-bond donors (Lipinski definition) is 2. The van der Waals surface area contributed by atoms with Gasteiger partial charge in [-0.15, -0.1) is 0 Å². The second kappa shape index (κ2) is 10.1. The van der Waals surface area contributed by atoms with Crippen LogP contribution in [0, 0.1) is 11.7 Å². The van der Waals surface area contributed by atoms with Gasteiger partial charge in [-0.2, -0.15) is 13.2 Å². The minimum atomic E-state index is -4.56. The lowest BCUT2D eigenvalue weighted by Gasteiger charge is -2.12. The summed E-state index contributed by atoms with van der Waals surface area (Å²) in [6, 6.07) is 5.88. The third kappa shape index (κ3) is 7.95. The molecule has 0 spiro atoms. The maximum Gasteiger partial charge on any atom is 0.433 e. The van der Waals surface area contributed by atoms with Gasteiger partial charge in [0.25, 0.3) is 0 Å². The molecule has 0 aliphatic heterocycles. The standard InChI is InChI=1S/C21H23F4N3O3S/c1-13(2)10-18-15(5-8-19(27-18)21(23,24)25)6-9-20(29)26-12-14-4-7-17(16(22)11-14)28-32(3,30)31/h4-9,11,13,28H,10,12H2,1-3H3,(H,26,29)/b9-6-. The Labute approximate surface area is 183 Å². The summed E-state index contributed by atoms with van der Waals surface area (Å²) in [7, 11) is -3.63. The number of sulfonamides is 1. The fourth-order valence-electron chi connectivity index (χ4n) is 2.74. The first-order valence-electron chi connectivity index (χ1n) is 9.54. The van der Waals surface area contributed by atoms with Crippen molar-refractivity contribution in [3.63, 3.8) is 0 Å². The minimum Gasteiger partial charge on any atom is -0.348 e. The van der Waals surface area contributed by atoms with Crippen molar-refractivity contribution in [2.45, 2.75) is 33.0 Å². The second-order valence-electron chi connectivity index (χ2n) is 7.57. The van der Waals surface area contributed by atoms with Crippen molar-refractivity contribution in [1.82, 2.24) is 10.3 Å². The summed E-state index contributed by atoms with van der Waals surface area (Å²) in [4.78, 5) is 15.8. The quantitative estimate of drug-likeness (QED) is 0.446. The molecule has 0 atom stereocenters. The first-order valence-corrected chi connectivity index (χ1v) is 11.4. The summed E-state index contributed by atoms with van der Waals surface area (Å²) >= 11 is 0. The minimum absolute atomic E-state index is 0.0383. The third-order valence-corrected chi connectivity index (χ3v) is 4.70. The van der Waals surface area contributed by atoms with Crippen LogP contribution in [0.1, 0.15) is 36.4 Å². The fraction of sp³-hybridized carbons (Fsp3) is 0.333. The highest BCUT2D eigenvalue weighted by Crippen LogP contribution is 2.29. The number of benzene rings is 1. The molecule has 32 heavy (non-hydrogen) atoms. The molecule has 0 saturated heterocycles. The number of hydrogen-bond acceptors (Lipinski definition) is 4. The zero-order chi connectivity index (χ0) is 24.1. The van der Waals surface area contributed by atoms with Crippen LogP contribution in [0.2, 0.25) is 0 Å². The van der Waals surface area contributed by atoms with Crippen molar-refractivity contribution in [3.8, 4) is 0 Å². The number of nitrogens with one attached hydrogen (secondary N) is 2. The van der Waals surface area contributed by atoms with Crippen LogP contribution in [0.15, 0.2) is 36.4 Å². The van der Waals surface area contributed by atoms with Gasteiger partial charge in [-0.05, 0) is 47.7 Å². The van der Waals surface area contributed by atoms with Crippen molar-refractivity contribution in [1.29, 1.82) is 0 Å². The van der Waals surface area contributed by atoms with Crippen molar-refractivity contribution in [2.24, 2.45) is 5.92 Å². The Morgan fingerprint density at radius 2 is 1.88 bits per heavy atom. The van der Waals surface area contributed by atoms with E-state index in [9.17, 15) is 30.8 Å². The zero-order valence-corrected chi connectivity index (χ0v) is 18.4. The van der Waals surface area contributed by atoms with E-state index in [1.807, 2.05) is 18.6 Å². The maximum absolute atomic E-state index is 14.0. The molecule has 0 saturated carbocycles. The monoisotopic (exact) mass is 473 g/mol. The van der Waals surface area contributed by atoms with Crippen molar-refractivity contribution >= 4 is 27.7 Å². The Morgan fingerprint density at radius 1 is 1.19 bits per heavy atom. The Morgan fingerprint density at radius 3 is 2.44 bits per heavy atom. The van der Waals surface area contributed by atoms with Crippen LogP contribution in [-0.4, -0.2) is 25.6 Å². The Hall–Kier alpha value is -2.95. The molecule has 2 aromatic rings. The normalized spacial score (nSPS) is 12.4. The van der Waals surface area contributed by atoms with E-state index >= 15 is 0 Å². The van der Waals surface area contributed by atoms with Gasteiger partial charge in [-0.1, -0.05) is 26.0 Å². The van der Waals surface area contributed by atoms with Crippen LogP contribution in [-0.2, 0) is 34.0 Å². The highest BCUT2D eigenvalue weighted by molar-refractivity contribution is 7.92. The molecule has 2 rings (SSSR count). The summed E-state index contributed by atoms with van der Waals surface area (Å²) in [5, 5.41) is 2.53. The lowest BCUT2D eigenvalue weighted by atomic mass is 10.0. The second-order valence-corrected chi connectivity index (χ2v) is 9.32. The summed E-state index contributed by atoms with van der Waals surface area (Å²) < 4.78 is 77.2. The molecule has 11 heteroatoms. The van der Waals surface area contributed by atoms with Crippen molar-refractivity contribution < 1.29 is 30.8 Å². The van der Waals surface area contributed by atoms with Gasteiger partial charge in [0.15, 0.2) is 0 Å². The van der Waals surface area contributed by atoms with Crippen molar-refractivity contribution in [2.75, 3.05) is 11.0 Å². The molecule has 0 bridgehead atoms. The summed E-state index contributed by atoms with van der Waals surface area (Å²) in [5.74, 6) is -1.28. The van der Waals surface area contributed by atoms with Crippen LogP contribution in [0.4, 0.5) is 23.2 Å². The van der Waals surface area contributed by atoms with E-state index < -0.39 is 33.6 Å². The van der Waals surface area contributed by atoms with Gasteiger partial charge in [0, 0.05) is 18.3 Å². The Balaban J connectivity index is 2.08. The number of amides is 1. The highest BCUT2D eigenvalue weighted by Gasteiger charge is 2.32. The van der Waals surface area contributed by atoms with E-state index in [4.69, 9.17) is 0 Å². The van der Waals surface area contributed by atoms with E-state index in [1.54, 1.807) is 0 Å². The number of pyridine rings is 1. The summed E-state index contributed by atoms with van der Waals surface area (Å²) in [5.41, 5.74) is -0.195. The number of carbonyl (C=O) groups is 1. The van der Waals surface area contributed by atoms with Gasteiger partial charge < -0.3 is 5.32 Å². The van der Waals surface area contributed by atoms with Crippen LogP contribution in [0.25, 0.3) is 6.08 Å². The van der Waals surface area contributed by atoms with Crippen LogP contribution in [0.3, 0.4) is 0 Å². The summed E-state index contributed by atoms with van der Waals surface area (Å²) in [6.07, 6.45) is -0.832. The van der Waals surface area contributed by atoms with Gasteiger partial charge in [0.1, 0.15) is 11.5 Å².